The molecule has 0 saturated heterocycles. The Morgan fingerprint density at radius 1 is 1.00 bits per heavy atom. The average molecular weight is 252 g/mol. The van der Waals surface area contributed by atoms with E-state index in [1.807, 2.05) is 0 Å². The summed E-state index contributed by atoms with van der Waals surface area (Å²) in [5.74, 6) is 0. The van der Waals surface area contributed by atoms with Crippen LogP contribution in [0.3, 0.4) is 0 Å². The van der Waals surface area contributed by atoms with E-state index in [1.54, 1.807) is 0 Å². The number of rotatable bonds is 0. The van der Waals surface area contributed by atoms with Gasteiger partial charge in [0.05, 0.1) is 0 Å². The van der Waals surface area contributed by atoms with Crippen LogP contribution in [-0.4, -0.2) is 25.5 Å². The summed E-state index contributed by atoms with van der Waals surface area (Å²) in [5, 5.41) is 0. The molecule has 0 aromatic carbocycles. The van der Waals surface area contributed by atoms with Gasteiger partial charge in [0.25, 0.3) is 0 Å². The van der Waals surface area contributed by atoms with Gasteiger partial charge in [-0.25, -0.2) is 0 Å². The molecule has 0 amide bonds. The predicted molar refractivity (Wildman–Crippen MR) is 12.9 cm³/mol. The van der Waals surface area contributed by atoms with Gasteiger partial charge in [0.2, 0.25) is 0 Å². The standard InChI is InChI=1S/B.Mo.HSe.Zn/h;;1H;. The second-order valence-corrected chi connectivity index (χ2v) is 0. The molecule has 0 heterocycles. The van der Waals surface area contributed by atoms with Crippen LogP contribution in [0.15, 0.2) is 0 Å². The van der Waals surface area contributed by atoms with Gasteiger partial charge >= 0.3 is 17.1 Å². The van der Waals surface area contributed by atoms with Crippen molar-refractivity contribution in [2.24, 2.45) is 0 Å². The molecule has 0 saturated carbocycles. The molecule has 0 spiro atoms. The van der Waals surface area contributed by atoms with E-state index >= 15 is 0 Å². The summed E-state index contributed by atoms with van der Waals surface area (Å²) in [6.45, 7) is 0. The molecule has 0 aromatic rings. The smallest absolute Gasteiger partial charge is 0 e. The molecule has 0 N–H and O–H groups in total. The minimum Gasteiger partial charge on any atom is 0 e. The molecule has 0 aliphatic heterocycles. The third kappa shape index (κ3) is 9.09. The van der Waals surface area contributed by atoms with E-state index in [-0.39, 0.29) is 66.0 Å². The van der Waals surface area contributed by atoms with Gasteiger partial charge in [-0.2, -0.15) is 0 Å². The quantitative estimate of drug-likeness (QED) is 0.483. The largest absolute Gasteiger partial charge is 0 e. The minimum atomic E-state index is 0. The fourth-order valence-corrected chi connectivity index (χ4v) is 0. The molecule has 0 unspecified atom stereocenters. The van der Waals surface area contributed by atoms with Crippen LogP contribution in [0.5, 0.6) is 0 Å². The first-order chi connectivity index (χ1) is 0. The molecule has 4 radical (unpaired) electrons. The molecule has 4 heavy (non-hydrogen) atoms. The maximum atomic E-state index is 0. The fraction of sp³-hybridized carbons (Fsp3) is 0. The van der Waals surface area contributed by atoms with Crippen molar-refractivity contribution in [3.63, 3.8) is 0 Å². The van der Waals surface area contributed by atoms with E-state index in [2.05, 4.69) is 0 Å². The molecule has 0 fully saturated rings. The van der Waals surface area contributed by atoms with Gasteiger partial charge in [0, 0.05) is 49.0 Å². The molecule has 18 valence electrons. The van der Waals surface area contributed by atoms with Crippen LogP contribution in [0.4, 0.5) is 0 Å². The maximum absolute atomic E-state index is 0. The zero-order chi connectivity index (χ0) is 0. The Labute approximate surface area is 65.6 Å². The van der Waals surface area contributed by atoms with E-state index in [1.165, 1.54) is 0 Å². The third-order valence-electron chi connectivity index (χ3n) is 0. The topological polar surface area (TPSA) is 0 Å². The molecule has 0 atom stereocenters. The minimum absolute atomic E-state index is 0. The SMILES string of the molecule is [B].[Mo].[SeH].[Zn]. The third-order valence-corrected chi connectivity index (χ3v) is 0. The van der Waals surface area contributed by atoms with Crippen LogP contribution < -0.4 is 0 Å². The molecular weight excluding hydrogens is 251 g/mol. The first-order valence-electron chi connectivity index (χ1n) is 0. The van der Waals surface area contributed by atoms with Crippen molar-refractivity contribution in [1.82, 2.24) is 0 Å². The van der Waals surface area contributed by atoms with Gasteiger partial charge in [-0.05, 0) is 0 Å². The van der Waals surface area contributed by atoms with E-state index in [4.69, 9.17) is 0 Å². The van der Waals surface area contributed by atoms with Crippen molar-refractivity contribution in [2.45, 2.75) is 0 Å². The summed E-state index contributed by atoms with van der Waals surface area (Å²) in [4.78, 5) is 0. The molecular formula is HBMoSeZn. The summed E-state index contributed by atoms with van der Waals surface area (Å²) in [6.07, 6.45) is 0. The van der Waals surface area contributed by atoms with Gasteiger partial charge in [0.15, 0.2) is 0 Å². The molecule has 0 aliphatic carbocycles. The van der Waals surface area contributed by atoms with Crippen molar-refractivity contribution in [3.05, 3.63) is 0 Å². The molecule has 0 nitrogen and oxygen atoms in total. The zero-order valence-corrected chi connectivity index (χ0v) is 8.99. The van der Waals surface area contributed by atoms with Crippen molar-refractivity contribution >= 4 is 25.5 Å². The summed E-state index contributed by atoms with van der Waals surface area (Å²) in [5.41, 5.74) is 0. The van der Waals surface area contributed by atoms with Crippen LogP contribution >= 0.6 is 0 Å². The second-order valence-electron chi connectivity index (χ2n) is 0. The van der Waals surface area contributed by atoms with E-state index in [9.17, 15) is 0 Å². The number of hydrogen-bond donors (Lipinski definition) is 0. The molecule has 0 aromatic heterocycles. The first-order valence-corrected chi connectivity index (χ1v) is 0. The predicted octanol–water partition coefficient (Wildman–Crippen LogP) is -1.03. The fourth-order valence-electron chi connectivity index (χ4n) is 0. The Balaban J connectivity index is 0. The Morgan fingerprint density at radius 3 is 1.00 bits per heavy atom. The van der Waals surface area contributed by atoms with Crippen molar-refractivity contribution in [3.8, 4) is 0 Å². The number of hydrogen-bond acceptors (Lipinski definition) is 0. The summed E-state index contributed by atoms with van der Waals surface area (Å²) < 4.78 is 0. The van der Waals surface area contributed by atoms with Gasteiger partial charge in [-0.15, -0.1) is 0 Å². The van der Waals surface area contributed by atoms with Crippen LogP contribution in [0, 0.1) is 0 Å². The molecule has 0 bridgehead atoms. The molecule has 0 aliphatic rings. The maximum Gasteiger partial charge on any atom is 0 e. The van der Waals surface area contributed by atoms with Crippen LogP contribution in [0.25, 0.3) is 0 Å². The van der Waals surface area contributed by atoms with Gasteiger partial charge in [-0.3, -0.25) is 0 Å². The van der Waals surface area contributed by atoms with Gasteiger partial charge in [0.1, 0.15) is 0 Å². The Bertz CT molecular complexity index is 8.00. The average Bonchev–Trinajstić information content (AvgIpc) is 0. The van der Waals surface area contributed by atoms with E-state index in [0.717, 1.165) is 0 Å². The van der Waals surface area contributed by atoms with Crippen LogP contribution in [0.1, 0.15) is 0 Å². The Hall–Kier alpha value is 1.90. The van der Waals surface area contributed by atoms with Crippen LogP contribution in [-0.2, 0) is 40.5 Å². The normalized spacial score (nSPS) is 0. The first kappa shape index (κ1) is 39.3. The summed E-state index contributed by atoms with van der Waals surface area (Å²) in [7, 11) is 0. The zero-order valence-electron chi connectivity index (χ0n) is 2.14. The van der Waals surface area contributed by atoms with Crippen molar-refractivity contribution < 1.29 is 40.5 Å². The molecule has 0 rings (SSSR count). The summed E-state index contributed by atoms with van der Waals surface area (Å²) >= 11 is 0. The van der Waals surface area contributed by atoms with Crippen LogP contribution in [0.2, 0.25) is 0 Å². The summed E-state index contributed by atoms with van der Waals surface area (Å²) in [6, 6.07) is 0. The van der Waals surface area contributed by atoms with E-state index < -0.39 is 0 Å². The van der Waals surface area contributed by atoms with Gasteiger partial charge in [-0.1, -0.05) is 0 Å². The monoisotopic (exact) mass is 254 g/mol. The Morgan fingerprint density at radius 2 is 1.00 bits per heavy atom. The van der Waals surface area contributed by atoms with Gasteiger partial charge < -0.3 is 0 Å². The Kier molecular flexibility index (Phi) is 203. The van der Waals surface area contributed by atoms with Crippen molar-refractivity contribution in [2.75, 3.05) is 0 Å². The molecule has 4 heteroatoms. The van der Waals surface area contributed by atoms with E-state index in [0.29, 0.717) is 0 Å². The van der Waals surface area contributed by atoms with Crippen molar-refractivity contribution in [1.29, 1.82) is 0 Å². The second kappa shape index (κ2) is 20.7.